The monoisotopic (exact) mass is 513 g/mol. The lowest BCUT2D eigenvalue weighted by Gasteiger charge is -2.19. The number of para-hydroxylation sites is 1. The van der Waals surface area contributed by atoms with E-state index in [0.29, 0.717) is 10.9 Å². The van der Waals surface area contributed by atoms with E-state index in [1.807, 2.05) is 47.9 Å². The van der Waals surface area contributed by atoms with E-state index in [-0.39, 0.29) is 17.1 Å². The van der Waals surface area contributed by atoms with Crippen molar-refractivity contribution in [2.75, 3.05) is 12.9 Å². The molecule has 0 radical (unpaired) electrons. The van der Waals surface area contributed by atoms with Crippen LogP contribution < -0.4 is 10.2 Å². The van der Waals surface area contributed by atoms with Crippen LogP contribution in [0.4, 0.5) is 0 Å². The first-order chi connectivity index (χ1) is 17.8. The maximum atomic E-state index is 12.5. The average molecular weight is 514 g/mol. The molecule has 0 unspecified atom stereocenters. The van der Waals surface area contributed by atoms with Gasteiger partial charge in [0, 0.05) is 16.8 Å². The maximum absolute atomic E-state index is 12.5. The molecular weight excluding hydrogens is 482 g/mol. The van der Waals surface area contributed by atoms with Crippen molar-refractivity contribution in [2.24, 2.45) is 5.10 Å². The summed E-state index contributed by atoms with van der Waals surface area (Å²) in [7, 11) is 1.60. The number of rotatable bonds is 8. The number of ether oxygens (including phenoxy) is 1. The molecule has 0 bridgehead atoms. The van der Waals surface area contributed by atoms with Crippen molar-refractivity contribution in [2.45, 2.75) is 38.3 Å². The van der Waals surface area contributed by atoms with E-state index in [0.717, 1.165) is 28.2 Å². The van der Waals surface area contributed by atoms with Crippen LogP contribution in [0.3, 0.4) is 0 Å². The Balaban J connectivity index is 1.54. The van der Waals surface area contributed by atoms with Gasteiger partial charge in [0.05, 0.1) is 19.1 Å². The van der Waals surface area contributed by atoms with E-state index in [1.165, 1.54) is 17.3 Å². The summed E-state index contributed by atoms with van der Waals surface area (Å²) in [5.74, 6) is 1.30. The van der Waals surface area contributed by atoms with Gasteiger partial charge in [-0.1, -0.05) is 86.6 Å². The molecule has 0 aliphatic carbocycles. The molecule has 4 aromatic rings. The highest BCUT2D eigenvalue weighted by Crippen LogP contribution is 2.30. The number of hydrazone groups is 1. The van der Waals surface area contributed by atoms with Gasteiger partial charge in [0.25, 0.3) is 5.91 Å². The van der Waals surface area contributed by atoms with Crippen molar-refractivity contribution in [1.29, 1.82) is 0 Å². The van der Waals surface area contributed by atoms with Crippen molar-refractivity contribution in [3.8, 4) is 22.8 Å². The third kappa shape index (κ3) is 6.46. The van der Waals surface area contributed by atoms with Crippen molar-refractivity contribution < 1.29 is 9.53 Å². The minimum Gasteiger partial charge on any atom is -0.496 e. The first-order valence-corrected chi connectivity index (χ1v) is 13.0. The van der Waals surface area contributed by atoms with Gasteiger partial charge in [-0.25, -0.2) is 5.43 Å². The number of carbonyl (C=O) groups is 1. The Morgan fingerprint density at radius 1 is 1.03 bits per heavy atom. The fourth-order valence-corrected chi connectivity index (χ4v) is 4.45. The Labute approximate surface area is 222 Å². The lowest BCUT2D eigenvalue weighted by molar-refractivity contribution is -0.118. The standard InChI is InChI=1S/C29H31N5O2S/c1-20-10-16-24(17-11-20)34-27(21-12-14-23(15-13-21)29(2,3)4)32-33-28(34)37-19-26(35)31-30-18-22-8-6-7-9-25(22)36-5/h6-18H,19H2,1-5H3,(H,31,35)/b30-18+. The summed E-state index contributed by atoms with van der Waals surface area (Å²) in [4.78, 5) is 12.5. The molecule has 37 heavy (non-hydrogen) atoms. The fourth-order valence-electron chi connectivity index (χ4n) is 3.71. The zero-order valence-corrected chi connectivity index (χ0v) is 22.5. The zero-order chi connectivity index (χ0) is 26.4. The highest BCUT2D eigenvalue weighted by atomic mass is 32.2. The molecule has 0 aliphatic heterocycles. The van der Waals surface area contributed by atoms with Crippen molar-refractivity contribution in [1.82, 2.24) is 20.2 Å². The van der Waals surface area contributed by atoms with Gasteiger partial charge >= 0.3 is 0 Å². The quantitative estimate of drug-likeness (QED) is 0.183. The summed E-state index contributed by atoms with van der Waals surface area (Å²) < 4.78 is 7.29. The van der Waals surface area contributed by atoms with Gasteiger partial charge < -0.3 is 4.74 Å². The number of hydrogen-bond acceptors (Lipinski definition) is 6. The van der Waals surface area contributed by atoms with Crippen molar-refractivity contribution in [3.63, 3.8) is 0 Å². The lowest BCUT2D eigenvalue weighted by Crippen LogP contribution is -2.20. The lowest BCUT2D eigenvalue weighted by atomic mass is 9.87. The summed E-state index contributed by atoms with van der Waals surface area (Å²) in [5, 5.41) is 13.6. The largest absolute Gasteiger partial charge is 0.496 e. The number of thioether (sulfide) groups is 1. The van der Waals surface area contributed by atoms with Gasteiger partial charge in [0.1, 0.15) is 5.75 Å². The molecule has 7 nitrogen and oxygen atoms in total. The van der Waals surface area contributed by atoms with Crippen LogP contribution in [-0.2, 0) is 10.2 Å². The van der Waals surface area contributed by atoms with E-state index in [1.54, 1.807) is 13.3 Å². The zero-order valence-electron chi connectivity index (χ0n) is 21.7. The minimum atomic E-state index is -0.245. The first-order valence-electron chi connectivity index (χ1n) is 12.0. The predicted octanol–water partition coefficient (Wildman–Crippen LogP) is 5.79. The van der Waals surface area contributed by atoms with Gasteiger partial charge in [0.2, 0.25) is 0 Å². The molecule has 1 aromatic heterocycles. The summed E-state index contributed by atoms with van der Waals surface area (Å²) in [5.41, 5.74) is 7.71. The van der Waals surface area contributed by atoms with Gasteiger partial charge in [-0.15, -0.1) is 10.2 Å². The summed E-state index contributed by atoms with van der Waals surface area (Å²) in [6, 6.07) is 24.0. The van der Waals surface area contributed by atoms with Crippen LogP contribution in [0, 0.1) is 6.92 Å². The van der Waals surface area contributed by atoms with Crippen LogP contribution in [0.15, 0.2) is 83.1 Å². The number of aryl methyl sites for hydroxylation is 1. The van der Waals surface area contributed by atoms with Gasteiger partial charge in [-0.3, -0.25) is 9.36 Å². The van der Waals surface area contributed by atoms with E-state index in [2.05, 4.69) is 77.9 Å². The van der Waals surface area contributed by atoms with Crippen molar-refractivity contribution >= 4 is 23.9 Å². The number of hydrogen-bond donors (Lipinski definition) is 1. The molecule has 8 heteroatoms. The number of benzene rings is 3. The fraction of sp³-hybridized carbons (Fsp3) is 0.241. The molecular formula is C29H31N5O2S. The molecule has 3 aromatic carbocycles. The highest BCUT2D eigenvalue weighted by molar-refractivity contribution is 7.99. The number of aromatic nitrogens is 3. The number of methoxy groups -OCH3 is 1. The molecule has 1 heterocycles. The highest BCUT2D eigenvalue weighted by Gasteiger charge is 2.19. The smallest absolute Gasteiger partial charge is 0.250 e. The van der Waals surface area contributed by atoms with Crippen LogP contribution in [-0.4, -0.2) is 39.7 Å². The van der Waals surface area contributed by atoms with Crippen LogP contribution in [0.5, 0.6) is 5.75 Å². The van der Waals surface area contributed by atoms with E-state index < -0.39 is 0 Å². The van der Waals surface area contributed by atoms with E-state index in [4.69, 9.17) is 4.74 Å². The van der Waals surface area contributed by atoms with Crippen LogP contribution in [0.2, 0.25) is 0 Å². The Morgan fingerprint density at radius 2 is 1.73 bits per heavy atom. The van der Waals surface area contributed by atoms with E-state index in [9.17, 15) is 4.79 Å². The Hall–Kier alpha value is -3.91. The normalized spacial score (nSPS) is 11.6. The molecule has 0 saturated carbocycles. The molecule has 4 rings (SSSR count). The Morgan fingerprint density at radius 3 is 2.41 bits per heavy atom. The van der Waals surface area contributed by atoms with Gasteiger partial charge in [-0.05, 0) is 42.2 Å². The van der Waals surface area contributed by atoms with Crippen LogP contribution in [0.1, 0.15) is 37.5 Å². The summed E-state index contributed by atoms with van der Waals surface area (Å²) >= 11 is 1.31. The molecule has 0 fully saturated rings. The number of nitrogens with one attached hydrogen (secondary N) is 1. The number of nitrogens with zero attached hydrogens (tertiary/aromatic N) is 4. The van der Waals surface area contributed by atoms with Crippen LogP contribution in [0.25, 0.3) is 17.1 Å². The second-order valence-electron chi connectivity index (χ2n) is 9.63. The Bertz CT molecular complexity index is 1390. The second kappa shape index (κ2) is 11.4. The molecule has 1 amide bonds. The molecule has 0 saturated heterocycles. The first kappa shape index (κ1) is 26.2. The summed E-state index contributed by atoms with van der Waals surface area (Å²) in [6.07, 6.45) is 1.57. The SMILES string of the molecule is COc1ccccc1/C=N/NC(=O)CSc1nnc(-c2ccc(C(C)(C)C)cc2)n1-c1ccc(C)cc1. The van der Waals surface area contributed by atoms with Gasteiger partial charge in [0.15, 0.2) is 11.0 Å². The molecule has 0 aliphatic rings. The molecule has 0 spiro atoms. The van der Waals surface area contributed by atoms with E-state index >= 15 is 0 Å². The molecule has 190 valence electrons. The topological polar surface area (TPSA) is 81.4 Å². The number of amides is 1. The predicted molar refractivity (Wildman–Crippen MR) is 150 cm³/mol. The maximum Gasteiger partial charge on any atom is 0.250 e. The third-order valence-electron chi connectivity index (χ3n) is 5.80. The Kier molecular flexibility index (Phi) is 8.08. The summed E-state index contributed by atoms with van der Waals surface area (Å²) in [6.45, 7) is 8.62. The molecule has 1 N–H and O–H groups in total. The second-order valence-corrected chi connectivity index (χ2v) is 10.6. The van der Waals surface area contributed by atoms with Gasteiger partial charge in [-0.2, -0.15) is 5.10 Å². The van der Waals surface area contributed by atoms with Crippen molar-refractivity contribution in [3.05, 3.63) is 89.5 Å². The third-order valence-corrected chi connectivity index (χ3v) is 6.73. The van der Waals surface area contributed by atoms with Crippen LogP contribution >= 0.6 is 11.8 Å². The number of carbonyl (C=O) groups excluding carboxylic acids is 1. The average Bonchev–Trinajstić information content (AvgIpc) is 3.32. The molecule has 0 atom stereocenters. The minimum absolute atomic E-state index is 0.0612.